The van der Waals surface area contributed by atoms with Crippen LogP contribution >= 0.6 is 23.2 Å². The van der Waals surface area contributed by atoms with E-state index in [4.69, 9.17) is 23.2 Å². The Hall–Kier alpha value is -0.810. The molecular weight excluding hydrogens is 335 g/mol. The number of aliphatic hydroxyl groups excluding tert-OH is 1. The van der Waals surface area contributed by atoms with E-state index in [0.29, 0.717) is 16.5 Å². The third kappa shape index (κ3) is 5.35. The van der Waals surface area contributed by atoms with Crippen molar-refractivity contribution in [3.63, 3.8) is 0 Å². The van der Waals surface area contributed by atoms with Crippen molar-refractivity contribution < 1.29 is 9.90 Å². The maximum Gasteiger partial charge on any atom is 0.227 e. The van der Waals surface area contributed by atoms with Crippen molar-refractivity contribution in [3.8, 4) is 0 Å². The van der Waals surface area contributed by atoms with Gasteiger partial charge in [0.2, 0.25) is 5.91 Å². The molecule has 1 N–H and O–H groups in total. The Labute approximate surface area is 148 Å². The summed E-state index contributed by atoms with van der Waals surface area (Å²) in [6.45, 7) is 3.07. The molecule has 1 fully saturated rings. The number of likely N-dealkylation sites (N-methyl/N-ethyl adjacent to an activating group) is 1. The lowest BCUT2D eigenvalue weighted by Gasteiger charge is -2.31. The molecule has 1 aliphatic heterocycles. The average molecular weight is 359 g/mol. The Morgan fingerprint density at radius 3 is 2.61 bits per heavy atom. The molecule has 1 amide bonds. The molecule has 1 aromatic rings. The molecular formula is C17H24Cl2N2O2. The lowest BCUT2D eigenvalue weighted by molar-refractivity contribution is -0.131. The Bertz CT molecular complexity index is 533. The minimum absolute atomic E-state index is 0.0287. The molecule has 0 bridgehead atoms. The number of aliphatic hydroxyl groups is 1. The van der Waals surface area contributed by atoms with E-state index in [1.807, 2.05) is 13.1 Å². The van der Waals surface area contributed by atoms with Gasteiger partial charge in [-0.05, 0) is 50.0 Å². The van der Waals surface area contributed by atoms with Crippen molar-refractivity contribution >= 4 is 29.1 Å². The van der Waals surface area contributed by atoms with Crippen LogP contribution in [0.1, 0.15) is 24.8 Å². The van der Waals surface area contributed by atoms with Crippen LogP contribution in [0.25, 0.3) is 0 Å². The Balaban J connectivity index is 1.97. The van der Waals surface area contributed by atoms with Gasteiger partial charge in [-0.25, -0.2) is 0 Å². The first-order valence-electron chi connectivity index (χ1n) is 8.04. The fraction of sp³-hybridized carbons (Fsp3) is 0.588. The standard InChI is InChI=1S/C17H24Cl2N2O2/c1-20(14(6-9-22)12-21-7-2-3-8-21)17(23)11-13-4-5-15(18)16(19)10-13/h4-5,10,14,22H,2-3,6-9,11-12H2,1H3/t14-/m0/s1. The summed E-state index contributed by atoms with van der Waals surface area (Å²) in [5.74, 6) is 0.0287. The summed E-state index contributed by atoms with van der Waals surface area (Å²) < 4.78 is 0. The van der Waals surface area contributed by atoms with Gasteiger partial charge in [0, 0.05) is 26.2 Å². The summed E-state index contributed by atoms with van der Waals surface area (Å²) in [4.78, 5) is 16.7. The molecule has 2 rings (SSSR count). The van der Waals surface area contributed by atoms with E-state index in [1.165, 1.54) is 12.8 Å². The molecule has 0 aliphatic carbocycles. The lowest BCUT2D eigenvalue weighted by Crippen LogP contribution is -2.45. The molecule has 6 heteroatoms. The Kier molecular flexibility index (Phi) is 7.15. The van der Waals surface area contributed by atoms with Gasteiger partial charge in [-0.15, -0.1) is 0 Å². The quantitative estimate of drug-likeness (QED) is 0.814. The van der Waals surface area contributed by atoms with Crippen molar-refractivity contribution in [1.29, 1.82) is 0 Å². The van der Waals surface area contributed by atoms with Crippen LogP contribution in [0, 0.1) is 0 Å². The predicted molar refractivity (Wildman–Crippen MR) is 94.1 cm³/mol. The second kappa shape index (κ2) is 8.88. The van der Waals surface area contributed by atoms with Gasteiger partial charge in [0.25, 0.3) is 0 Å². The van der Waals surface area contributed by atoms with E-state index < -0.39 is 0 Å². The van der Waals surface area contributed by atoms with E-state index in [1.54, 1.807) is 17.0 Å². The van der Waals surface area contributed by atoms with Gasteiger partial charge >= 0.3 is 0 Å². The molecule has 0 unspecified atom stereocenters. The summed E-state index contributed by atoms with van der Waals surface area (Å²) in [6, 6.07) is 5.30. The number of nitrogens with zero attached hydrogens (tertiary/aromatic N) is 2. The zero-order valence-electron chi connectivity index (χ0n) is 13.5. The monoisotopic (exact) mass is 358 g/mol. The highest BCUT2D eigenvalue weighted by atomic mass is 35.5. The number of carbonyl (C=O) groups excluding carboxylic acids is 1. The van der Waals surface area contributed by atoms with Crippen molar-refractivity contribution in [1.82, 2.24) is 9.80 Å². The number of halogens is 2. The second-order valence-corrected chi connectivity index (χ2v) is 6.92. The van der Waals surface area contributed by atoms with Gasteiger partial charge in [-0.2, -0.15) is 0 Å². The molecule has 4 nitrogen and oxygen atoms in total. The van der Waals surface area contributed by atoms with E-state index in [9.17, 15) is 9.90 Å². The zero-order valence-corrected chi connectivity index (χ0v) is 15.0. The summed E-state index contributed by atoms with van der Waals surface area (Å²) in [7, 11) is 1.82. The van der Waals surface area contributed by atoms with Crippen LogP contribution in [0.2, 0.25) is 10.0 Å². The highest BCUT2D eigenvalue weighted by Crippen LogP contribution is 2.23. The Morgan fingerprint density at radius 1 is 1.30 bits per heavy atom. The lowest BCUT2D eigenvalue weighted by atomic mass is 10.1. The smallest absolute Gasteiger partial charge is 0.227 e. The molecule has 128 valence electrons. The number of amides is 1. The molecule has 0 aromatic heterocycles. The highest BCUT2D eigenvalue weighted by Gasteiger charge is 2.23. The fourth-order valence-corrected chi connectivity index (χ4v) is 3.29. The minimum Gasteiger partial charge on any atom is -0.396 e. The van der Waals surface area contributed by atoms with Crippen LogP contribution in [-0.2, 0) is 11.2 Å². The molecule has 0 radical (unpaired) electrons. The number of likely N-dealkylation sites (tertiary alicyclic amines) is 1. The molecule has 1 atom stereocenters. The number of benzene rings is 1. The molecule has 0 saturated carbocycles. The maximum atomic E-state index is 12.5. The van der Waals surface area contributed by atoms with E-state index in [-0.39, 0.29) is 25.0 Å². The molecule has 1 saturated heterocycles. The number of hydrogen-bond acceptors (Lipinski definition) is 3. The van der Waals surface area contributed by atoms with Gasteiger partial charge in [-0.1, -0.05) is 29.3 Å². The normalized spacial score (nSPS) is 16.5. The van der Waals surface area contributed by atoms with Crippen molar-refractivity contribution in [3.05, 3.63) is 33.8 Å². The first kappa shape index (κ1) is 18.5. The highest BCUT2D eigenvalue weighted by molar-refractivity contribution is 6.42. The molecule has 23 heavy (non-hydrogen) atoms. The van der Waals surface area contributed by atoms with Crippen LogP contribution in [0.4, 0.5) is 0 Å². The van der Waals surface area contributed by atoms with Gasteiger partial charge in [0.15, 0.2) is 0 Å². The van der Waals surface area contributed by atoms with Crippen molar-refractivity contribution in [2.45, 2.75) is 31.7 Å². The third-order valence-corrected chi connectivity index (χ3v) is 5.15. The van der Waals surface area contributed by atoms with Crippen LogP contribution in [0.15, 0.2) is 18.2 Å². The van der Waals surface area contributed by atoms with Gasteiger partial charge in [0.1, 0.15) is 0 Å². The molecule has 1 aliphatic rings. The first-order chi connectivity index (χ1) is 11.0. The van der Waals surface area contributed by atoms with E-state index in [2.05, 4.69) is 4.90 Å². The SMILES string of the molecule is CN(C(=O)Cc1ccc(Cl)c(Cl)c1)[C@@H](CCO)CN1CCCC1. The van der Waals surface area contributed by atoms with Gasteiger partial charge in [0.05, 0.1) is 16.5 Å². The van der Waals surface area contributed by atoms with Crippen LogP contribution in [-0.4, -0.2) is 60.1 Å². The fourth-order valence-electron chi connectivity index (χ4n) is 2.97. The largest absolute Gasteiger partial charge is 0.396 e. The van der Waals surface area contributed by atoms with Crippen LogP contribution in [0.5, 0.6) is 0 Å². The first-order valence-corrected chi connectivity index (χ1v) is 8.79. The zero-order chi connectivity index (χ0) is 16.8. The van der Waals surface area contributed by atoms with Crippen molar-refractivity contribution in [2.75, 3.05) is 33.3 Å². The topological polar surface area (TPSA) is 43.8 Å². The maximum absolute atomic E-state index is 12.5. The average Bonchev–Trinajstić information content (AvgIpc) is 3.03. The second-order valence-electron chi connectivity index (χ2n) is 6.10. The molecule has 1 aromatic carbocycles. The number of hydrogen-bond donors (Lipinski definition) is 1. The summed E-state index contributed by atoms with van der Waals surface area (Å²) >= 11 is 11.9. The Morgan fingerprint density at radius 2 is 2.00 bits per heavy atom. The van der Waals surface area contributed by atoms with Crippen LogP contribution < -0.4 is 0 Å². The van der Waals surface area contributed by atoms with Crippen molar-refractivity contribution in [2.24, 2.45) is 0 Å². The van der Waals surface area contributed by atoms with E-state index >= 15 is 0 Å². The summed E-state index contributed by atoms with van der Waals surface area (Å²) in [6.07, 6.45) is 3.31. The van der Waals surface area contributed by atoms with Gasteiger partial charge in [-0.3, -0.25) is 4.79 Å². The summed E-state index contributed by atoms with van der Waals surface area (Å²) in [5, 5.41) is 10.3. The third-order valence-electron chi connectivity index (χ3n) is 4.41. The molecule has 0 spiro atoms. The number of carbonyl (C=O) groups is 1. The minimum atomic E-state index is 0.0287. The predicted octanol–water partition coefficient (Wildman–Crippen LogP) is 2.84. The summed E-state index contributed by atoms with van der Waals surface area (Å²) in [5.41, 5.74) is 0.847. The van der Waals surface area contributed by atoms with Gasteiger partial charge < -0.3 is 14.9 Å². The van der Waals surface area contributed by atoms with Crippen LogP contribution in [0.3, 0.4) is 0 Å². The van der Waals surface area contributed by atoms with E-state index in [0.717, 1.165) is 25.2 Å². The number of rotatable bonds is 7. The molecule has 1 heterocycles.